The number of rotatable bonds is 3. The molecule has 1 aromatic carbocycles. The number of nitrogens with one attached hydrogen (secondary N) is 1. The van der Waals surface area contributed by atoms with Crippen LogP contribution in [0.3, 0.4) is 0 Å². The van der Waals surface area contributed by atoms with Crippen LogP contribution in [0.15, 0.2) is 24.3 Å². The van der Waals surface area contributed by atoms with Gasteiger partial charge in [0, 0.05) is 18.8 Å². The summed E-state index contributed by atoms with van der Waals surface area (Å²) in [6.07, 6.45) is -0.576. The minimum atomic E-state index is -4.49. The molecule has 0 spiro atoms. The van der Waals surface area contributed by atoms with Crippen LogP contribution in [0.25, 0.3) is 0 Å². The molecule has 2 amide bonds. The van der Waals surface area contributed by atoms with Crippen LogP contribution in [0, 0.1) is 5.41 Å². The molecule has 7 heteroatoms. The molecule has 0 radical (unpaired) electrons. The van der Waals surface area contributed by atoms with Gasteiger partial charge in [-0.3, -0.25) is 9.59 Å². The Hall–Kier alpha value is -2.05. The Bertz CT molecular complexity index is 633. The minimum absolute atomic E-state index is 0.0246. The van der Waals surface area contributed by atoms with Crippen LogP contribution in [-0.2, 0) is 15.8 Å². The molecule has 1 fully saturated rings. The van der Waals surface area contributed by atoms with Crippen molar-refractivity contribution in [2.45, 2.75) is 45.7 Å². The molecule has 0 atom stereocenters. The molecule has 1 heterocycles. The molecule has 25 heavy (non-hydrogen) atoms. The molecule has 0 saturated carbocycles. The van der Waals surface area contributed by atoms with Crippen LogP contribution in [0.2, 0.25) is 0 Å². The molecule has 1 N–H and O–H groups in total. The topological polar surface area (TPSA) is 49.4 Å². The molecular weight excluding hydrogens is 333 g/mol. The zero-order valence-electron chi connectivity index (χ0n) is 14.4. The molecule has 2 rings (SSSR count). The first-order chi connectivity index (χ1) is 11.6. The monoisotopic (exact) mass is 356 g/mol. The van der Waals surface area contributed by atoms with Crippen LogP contribution in [-0.4, -0.2) is 29.8 Å². The highest BCUT2D eigenvalue weighted by Crippen LogP contribution is 2.31. The zero-order valence-corrected chi connectivity index (χ0v) is 14.4. The van der Waals surface area contributed by atoms with E-state index in [9.17, 15) is 22.8 Å². The smallest absolute Gasteiger partial charge is 0.342 e. The third kappa shape index (κ3) is 4.74. The van der Waals surface area contributed by atoms with E-state index in [1.165, 1.54) is 26.0 Å². The summed E-state index contributed by atoms with van der Waals surface area (Å²) >= 11 is 0. The summed E-state index contributed by atoms with van der Waals surface area (Å²) in [6, 6.07) is 4.40. The molecule has 0 aromatic heterocycles. The van der Waals surface area contributed by atoms with Crippen molar-refractivity contribution in [2.24, 2.45) is 5.41 Å². The van der Waals surface area contributed by atoms with E-state index in [-0.39, 0.29) is 11.6 Å². The van der Waals surface area contributed by atoms with E-state index >= 15 is 0 Å². The van der Waals surface area contributed by atoms with E-state index < -0.39 is 23.1 Å². The Labute approximate surface area is 145 Å². The Morgan fingerprint density at radius 2 is 1.64 bits per heavy atom. The zero-order chi connectivity index (χ0) is 18.7. The average molecular weight is 356 g/mol. The maximum atomic E-state index is 12.8. The summed E-state index contributed by atoms with van der Waals surface area (Å²) < 4.78 is 38.3. The average Bonchev–Trinajstić information content (AvgIpc) is 2.82. The van der Waals surface area contributed by atoms with Gasteiger partial charge in [-0.1, -0.05) is 18.9 Å². The number of anilines is 1. The lowest BCUT2D eigenvalue weighted by Gasteiger charge is -2.30. The molecule has 138 valence electrons. The first-order valence-corrected chi connectivity index (χ1v) is 8.40. The molecule has 0 bridgehead atoms. The predicted molar refractivity (Wildman–Crippen MR) is 88.9 cm³/mol. The summed E-state index contributed by atoms with van der Waals surface area (Å²) in [7, 11) is 0. The highest BCUT2D eigenvalue weighted by atomic mass is 19.4. The summed E-state index contributed by atoms with van der Waals surface area (Å²) in [5.41, 5.74) is -2.17. The number of hydrogen-bond donors (Lipinski definition) is 1. The normalized spacial score (nSPS) is 16.3. The fourth-order valence-electron chi connectivity index (χ4n) is 2.83. The first-order valence-electron chi connectivity index (χ1n) is 8.40. The number of alkyl halides is 3. The van der Waals surface area contributed by atoms with E-state index in [1.807, 2.05) is 0 Å². The fourth-order valence-corrected chi connectivity index (χ4v) is 2.83. The Morgan fingerprint density at radius 1 is 1.04 bits per heavy atom. The summed E-state index contributed by atoms with van der Waals surface area (Å²) in [4.78, 5) is 26.9. The maximum Gasteiger partial charge on any atom is 0.416 e. The van der Waals surface area contributed by atoms with Gasteiger partial charge in [0.15, 0.2) is 0 Å². The van der Waals surface area contributed by atoms with Crippen LogP contribution in [0.5, 0.6) is 0 Å². The second-order valence-corrected chi connectivity index (χ2v) is 6.86. The molecule has 1 aliphatic rings. The lowest BCUT2D eigenvalue weighted by molar-refractivity contribution is -0.146. The van der Waals surface area contributed by atoms with Crippen molar-refractivity contribution in [1.29, 1.82) is 0 Å². The van der Waals surface area contributed by atoms with Crippen LogP contribution in [0.4, 0.5) is 18.9 Å². The van der Waals surface area contributed by atoms with Gasteiger partial charge in [-0.2, -0.15) is 13.2 Å². The summed E-state index contributed by atoms with van der Waals surface area (Å²) in [6.45, 7) is 4.23. The first kappa shape index (κ1) is 19.3. The number of benzene rings is 1. The van der Waals surface area contributed by atoms with Gasteiger partial charge in [0.05, 0.1) is 5.56 Å². The van der Waals surface area contributed by atoms with Gasteiger partial charge >= 0.3 is 6.18 Å². The predicted octanol–water partition coefficient (Wildman–Crippen LogP) is 4.07. The van der Waals surface area contributed by atoms with Crippen molar-refractivity contribution in [3.8, 4) is 0 Å². The van der Waals surface area contributed by atoms with E-state index in [1.54, 1.807) is 4.90 Å². The fraction of sp³-hybridized carbons (Fsp3) is 0.556. The number of amides is 2. The summed E-state index contributed by atoms with van der Waals surface area (Å²) in [5.74, 6) is -0.903. The molecule has 4 nitrogen and oxygen atoms in total. The molecular formula is C18H23F3N2O2. The number of likely N-dealkylation sites (tertiary alicyclic amines) is 1. The number of nitrogens with zero attached hydrogens (tertiary/aromatic N) is 1. The lowest BCUT2D eigenvalue weighted by Crippen LogP contribution is -2.47. The van der Waals surface area contributed by atoms with E-state index in [0.717, 1.165) is 37.8 Å². The number of hydrogen-bond acceptors (Lipinski definition) is 2. The van der Waals surface area contributed by atoms with Crippen LogP contribution >= 0.6 is 0 Å². The highest BCUT2D eigenvalue weighted by Gasteiger charge is 2.39. The van der Waals surface area contributed by atoms with E-state index in [2.05, 4.69) is 5.32 Å². The van der Waals surface area contributed by atoms with Gasteiger partial charge in [0.2, 0.25) is 11.8 Å². The van der Waals surface area contributed by atoms with Crippen molar-refractivity contribution < 1.29 is 22.8 Å². The van der Waals surface area contributed by atoms with Gasteiger partial charge in [0.25, 0.3) is 0 Å². The van der Waals surface area contributed by atoms with Crippen molar-refractivity contribution in [1.82, 2.24) is 4.90 Å². The van der Waals surface area contributed by atoms with Crippen LogP contribution in [0.1, 0.15) is 45.1 Å². The van der Waals surface area contributed by atoms with Gasteiger partial charge in [-0.05, 0) is 44.9 Å². The second-order valence-electron chi connectivity index (χ2n) is 6.86. The quantitative estimate of drug-likeness (QED) is 0.830. The maximum absolute atomic E-state index is 12.8. The largest absolute Gasteiger partial charge is 0.416 e. The minimum Gasteiger partial charge on any atom is -0.342 e. The van der Waals surface area contributed by atoms with Gasteiger partial charge < -0.3 is 10.2 Å². The van der Waals surface area contributed by atoms with Gasteiger partial charge in [0.1, 0.15) is 5.41 Å². The molecule has 1 aliphatic heterocycles. The highest BCUT2D eigenvalue weighted by molar-refractivity contribution is 6.09. The number of carbonyl (C=O) groups excluding carboxylic acids is 2. The van der Waals surface area contributed by atoms with E-state index in [0.29, 0.717) is 13.1 Å². The second kappa shape index (κ2) is 7.45. The van der Waals surface area contributed by atoms with Crippen molar-refractivity contribution in [3.05, 3.63) is 29.8 Å². The lowest BCUT2D eigenvalue weighted by atomic mass is 9.90. The van der Waals surface area contributed by atoms with Crippen molar-refractivity contribution >= 4 is 17.5 Å². The third-order valence-electron chi connectivity index (χ3n) is 4.44. The molecule has 0 aliphatic carbocycles. The standard InChI is InChI=1S/C18H23F3N2O2/c1-17(2,16(25)23-10-5-3-4-6-11-23)15(24)22-14-9-7-8-13(12-14)18(19,20)21/h7-9,12H,3-6,10-11H2,1-2H3,(H,22,24). The third-order valence-corrected chi connectivity index (χ3v) is 4.44. The van der Waals surface area contributed by atoms with Crippen LogP contribution < -0.4 is 5.32 Å². The van der Waals surface area contributed by atoms with E-state index in [4.69, 9.17) is 0 Å². The number of carbonyl (C=O) groups is 2. The van der Waals surface area contributed by atoms with Crippen molar-refractivity contribution in [3.63, 3.8) is 0 Å². The molecule has 1 aromatic rings. The Morgan fingerprint density at radius 3 is 2.20 bits per heavy atom. The molecule has 1 saturated heterocycles. The van der Waals surface area contributed by atoms with Crippen molar-refractivity contribution in [2.75, 3.05) is 18.4 Å². The molecule has 0 unspecified atom stereocenters. The van der Waals surface area contributed by atoms with Gasteiger partial charge in [-0.25, -0.2) is 0 Å². The Kier molecular flexibility index (Phi) is 5.75. The SMILES string of the molecule is CC(C)(C(=O)Nc1cccc(C(F)(F)F)c1)C(=O)N1CCCCCC1. The van der Waals surface area contributed by atoms with Gasteiger partial charge in [-0.15, -0.1) is 0 Å². The summed E-state index contributed by atoms with van der Waals surface area (Å²) in [5, 5.41) is 2.44. The number of halogens is 3. The Balaban J connectivity index is 2.11.